The van der Waals surface area contributed by atoms with Crippen molar-refractivity contribution in [2.45, 2.75) is 44.7 Å². The van der Waals surface area contributed by atoms with Crippen LogP contribution in [-0.2, 0) is 16.6 Å². The van der Waals surface area contributed by atoms with Crippen molar-refractivity contribution in [2.75, 3.05) is 6.54 Å². The van der Waals surface area contributed by atoms with Crippen molar-refractivity contribution in [3.05, 3.63) is 28.8 Å². The topological polar surface area (TPSA) is 63.4 Å². The zero-order valence-electron chi connectivity index (χ0n) is 11.6. The molecule has 0 heterocycles. The summed E-state index contributed by atoms with van der Waals surface area (Å²) in [5, 5.41) is 0.392. The third-order valence-electron chi connectivity index (χ3n) is 2.87. The van der Waals surface area contributed by atoms with Gasteiger partial charge in [0.1, 0.15) is 0 Å². The number of rotatable bonds is 6. The van der Waals surface area contributed by atoms with Gasteiger partial charge in [0.25, 0.3) is 0 Å². The predicted molar refractivity (Wildman–Crippen MR) is 78.7 cm³/mol. The maximum atomic E-state index is 12.6. The van der Waals surface area contributed by atoms with Gasteiger partial charge >= 0.3 is 0 Å². The number of hydrogen-bond acceptors (Lipinski definition) is 3. The van der Waals surface area contributed by atoms with Crippen molar-refractivity contribution >= 4 is 21.6 Å². The molecule has 0 aliphatic rings. The summed E-state index contributed by atoms with van der Waals surface area (Å²) in [6.45, 7) is 6.47. The van der Waals surface area contributed by atoms with Crippen LogP contribution >= 0.6 is 11.6 Å². The molecule has 108 valence electrons. The van der Waals surface area contributed by atoms with Crippen molar-refractivity contribution < 1.29 is 8.42 Å². The molecule has 0 saturated carbocycles. The molecule has 0 unspecified atom stereocenters. The van der Waals surface area contributed by atoms with Crippen LogP contribution in [0.5, 0.6) is 0 Å². The molecular weight excluding hydrogens is 284 g/mol. The van der Waals surface area contributed by atoms with Crippen LogP contribution in [0, 0.1) is 0 Å². The van der Waals surface area contributed by atoms with Gasteiger partial charge in [0.2, 0.25) is 10.0 Å². The fourth-order valence-electron chi connectivity index (χ4n) is 1.87. The number of nitrogens with two attached hydrogens (primary N) is 1. The minimum Gasteiger partial charge on any atom is -0.326 e. The Labute approximate surface area is 120 Å². The van der Waals surface area contributed by atoms with E-state index in [4.69, 9.17) is 17.3 Å². The summed E-state index contributed by atoms with van der Waals surface area (Å²) >= 11 is 6.03. The maximum absolute atomic E-state index is 12.6. The van der Waals surface area contributed by atoms with Crippen LogP contribution in [0.15, 0.2) is 23.1 Å². The lowest BCUT2D eigenvalue weighted by Gasteiger charge is -2.25. The van der Waals surface area contributed by atoms with E-state index in [1.807, 2.05) is 20.8 Å². The highest BCUT2D eigenvalue weighted by molar-refractivity contribution is 7.89. The molecule has 0 aliphatic heterocycles. The van der Waals surface area contributed by atoms with Crippen molar-refractivity contribution in [3.63, 3.8) is 0 Å². The van der Waals surface area contributed by atoms with Crippen LogP contribution in [-0.4, -0.2) is 25.3 Å². The number of benzene rings is 1. The van der Waals surface area contributed by atoms with E-state index >= 15 is 0 Å². The Kier molecular flexibility index (Phi) is 5.80. The highest BCUT2D eigenvalue weighted by Gasteiger charge is 2.26. The smallest absolute Gasteiger partial charge is 0.243 e. The Morgan fingerprint density at radius 1 is 1.37 bits per heavy atom. The van der Waals surface area contributed by atoms with Crippen molar-refractivity contribution in [3.8, 4) is 0 Å². The van der Waals surface area contributed by atoms with E-state index in [0.717, 1.165) is 12.0 Å². The lowest BCUT2D eigenvalue weighted by molar-refractivity contribution is 0.354. The molecule has 0 atom stereocenters. The first kappa shape index (κ1) is 16.4. The van der Waals surface area contributed by atoms with E-state index in [9.17, 15) is 8.42 Å². The molecule has 0 bridgehead atoms. The monoisotopic (exact) mass is 304 g/mol. The number of hydrogen-bond donors (Lipinski definition) is 1. The molecule has 0 spiro atoms. The minimum absolute atomic E-state index is 0.0853. The molecule has 1 aromatic rings. The van der Waals surface area contributed by atoms with E-state index in [0.29, 0.717) is 18.1 Å². The van der Waals surface area contributed by atoms with Crippen molar-refractivity contribution in [2.24, 2.45) is 5.73 Å². The molecule has 1 aromatic carbocycles. The fourth-order valence-corrected chi connectivity index (χ4v) is 3.94. The maximum Gasteiger partial charge on any atom is 0.243 e. The third kappa shape index (κ3) is 3.69. The molecule has 0 fully saturated rings. The molecule has 1 rings (SSSR count). The molecule has 0 aliphatic carbocycles. The molecule has 0 amide bonds. The number of halogens is 1. The fraction of sp³-hybridized carbons (Fsp3) is 0.538. The van der Waals surface area contributed by atoms with E-state index < -0.39 is 10.0 Å². The zero-order chi connectivity index (χ0) is 14.6. The normalized spacial score (nSPS) is 12.4. The zero-order valence-corrected chi connectivity index (χ0v) is 13.1. The Balaban J connectivity index is 3.22. The molecule has 6 heteroatoms. The van der Waals surface area contributed by atoms with Crippen LogP contribution in [0.2, 0.25) is 5.02 Å². The van der Waals surface area contributed by atoms with Crippen LogP contribution in [0.25, 0.3) is 0 Å². The summed E-state index contributed by atoms with van der Waals surface area (Å²) in [6, 6.07) is 4.62. The quantitative estimate of drug-likeness (QED) is 0.878. The third-order valence-corrected chi connectivity index (χ3v) is 5.29. The van der Waals surface area contributed by atoms with Crippen LogP contribution < -0.4 is 5.73 Å². The molecule has 4 nitrogen and oxygen atoms in total. The van der Waals surface area contributed by atoms with Crippen molar-refractivity contribution in [1.29, 1.82) is 0 Å². The summed E-state index contributed by atoms with van der Waals surface area (Å²) < 4.78 is 26.6. The average molecular weight is 305 g/mol. The highest BCUT2D eigenvalue weighted by Crippen LogP contribution is 2.24. The van der Waals surface area contributed by atoms with Crippen LogP contribution in [0.4, 0.5) is 0 Å². The van der Waals surface area contributed by atoms with Gasteiger partial charge in [-0.3, -0.25) is 0 Å². The Morgan fingerprint density at radius 3 is 2.42 bits per heavy atom. The number of sulfonamides is 1. The van der Waals surface area contributed by atoms with Crippen LogP contribution in [0.3, 0.4) is 0 Å². The lowest BCUT2D eigenvalue weighted by Crippen LogP contribution is -2.37. The minimum atomic E-state index is -3.50. The SMILES string of the molecule is CCCN(C(C)C)S(=O)(=O)c1ccc(CN)c(Cl)c1. The molecule has 0 radical (unpaired) electrons. The van der Waals surface area contributed by atoms with Gasteiger partial charge in [0.05, 0.1) is 4.90 Å². The van der Waals surface area contributed by atoms with Gasteiger partial charge < -0.3 is 5.73 Å². The molecule has 0 saturated heterocycles. The Hall–Kier alpha value is -0.620. The summed E-state index contributed by atoms with van der Waals surface area (Å²) in [5.74, 6) is 0. The van der Waals surface area contributed by atoms with Gasteiger partial charge in [-0.25, -0.2) is 8.42 Å². The summed E-state index contributed by atoms with van der Waals surface area (Å²) in [5.41, 5.74) is 6.26. The summed E-state index contributed by atoms with van der Waals surface area (Å²) in [7, 11) is -3.50. The first-order valence-corrected chi connectivity index (χ1v) is 8.16. The summed E-state index contributed by atoms with van der Waals surface area (Å²) in [4.78, 5) is 0.219. The van der Waals surface area contributed by atoms with Crippen molar-refractivity contribution in [1.82, 2.24) is 4.31 Å². The lowest BCUT2D eigenvalue weighted by atomic mass is 10.2. The first-order chi connectivity index (χ1) is 8.84. The van der Waals surface area contributed by atoms with E-state index in [-0.39, 0.29) is 10.9 Å². The largest absolute Gasteiger partial charge is 0.326 e. The van der Waals surface area contributed by atoms with Gasteiger partial charge in [-0.1, -0.05) is 24.6 Å². The van der Waals surface area contributed by atoms with E-state index in [1.165, 1.54) is 10.4 Å². The summed E-state index contributed by atoms with van der Waals surface area (Å²) in [6.07, 6.45) is 0.770. The Morgan fingerprint density at radius 2 is 2.00 bits per heavy atom. The van der Waals surface area contributed by atoms with E-state index in [2.05, 4.69) is 0 Å². The molecule has 2 N–H and O–H groups in total. The second-order valence-corrected chi connectivity index (χ2v) is 6.96. The number of nitrogens with zero attached hydrogens (tertiary/aromatic N) is 1. The average Bonchev–Trinajstić information content (AvgIpc) is 2.35. The first-order valence-electron chi connectivity index (χ1n) is 6.35. The van der Waals surface area contributed by atoms with Gasteiger partial charge in [-0.05, 0) is 38.0 Å². The second-order valence-electron chi connectivity index (χ2n) is 4.67. The van der Waals surface area contributed by atoms with Crippen LogP contribution in [0.1, 0.15) is 32.8 Å². The predicted octanol–water partition coefficient (Wildman–Crippen LogP) is 2.61. The van der Waals surface area contributed by atoms with Gasteiger partial charge in [-0.2, -0.15) is 4.31 Å². The molecule has 0 aromatic heterocycles. The Bertz CT molecular complexity index is 529. The van der Waals surface area contributed by atoms with Gasteiger partial charge in [-0.15, -0.1) is 0 Å². The van der Waals surface area contributed by atoms with Gasteiger partial charge in [0, 0.05) is 24.2 Å². The molecular formula is C13H21ClN2O2S. The van der Waals surface area contributed by atoms with Gasteiger partial charge in [0.15, 0.2) is 0 Å². The highest BCUT2D eigenvalue weighted by atomic mass is 35.5. The second kappa shape index (κ2) is 6.70. The molecule has 19 heavy (non-hydrogen) atoms. The standard InChI is InChI=1S/C13H21ClN2O2S/c1-4-7-16(10(2)3)19(17,18)12-6-5-11(9-15)13(14)8-12/h5-6,8,10H,4,7,9,15H2,1-3H3. The van der Waals surface area contributed by atoms with E-state index in [1.54, 1.807) is 12.1 Å².